The van der Waals surface area contributed by atoms with Crippen LogP contribution in [0, 0.1) is 0 Å². The average Bonchev–Trinajstić information content (AvgIpc) is 2.45. The number of ether oxygens (including phenoxy) is 1. The van der Waals surface area contributed by atoms with Gasteiger partial charge in [0.25, 0.3) is 0 Å². The second kappa shape index (κ2) is 6.53. The minimum atomic E-state index is 0.759. The molecule has 2 unspecified atom stereocenters. The van der Waals surface area contributed by atoms with Crippen LogP contribution in [-0.2, 0) is 4.74 Å². The topological polar surface area (TPSA) is 27.7 Å². The smallest absolute Gasteiger partial charge is 0.0594 e. The zero-order chi connectivity index (χ0) is 13.1. The highest BCUT2D eigenvalue weighted by Crippen LogP contribution is 2.33. The fourth-order valence-electron chi connectivity index (χ4n) is 4.16. The zero-order valence-electron chi connectivity index (χ0n) is 12.3. The number of piperidine rings is 2. The molecule has 19 heavy (non-hydrogen) atoms. The maximum Gasteiger partial charge on any atom is 0.0594 e. The molecule has 110 valence electrons. The average molecular weight is 267 g/mol. The first-order chi connectivity index (χ1) is 9.36. The van der Waals surface area contributed by atoms with Crippen molar-refractivity contribution in [2.75, 3.05) is 46.4 Å². The number of morpholine rings is 1. The third-order valence-corrected chi connectivity index (χ3v) is 5.31. The van der Waals surface area contributed by atoms with Crippen LogP contribution in [0.15, 0.2) is 0 Å². The molecule has 0 aromatic carbocycles. The van der Waals surface area contributed by atoms with Gasteiger partial charge in [-0.2, -0.15) is 0 Å². The van der Waals surface area contributed by atoms with E-state index in [1.165, 1.54) is 45.2 Å². The third-order valence-electron chi connectivity index (χ3n) is 5.31. The van der Waals surface area contributed by atoms with E-state index < -0.39 is 0 Å². The summed E-state index contributed by atoms with van der Waals surface area (Å²) in [7, 11) is 2.13. The van der Waals surface area contributed by atoms with Crippen molar-refractivity contribution in [1.82, 2.24) is 15.1 Å². The van der Waals surface area contributed by atoms with E-state index in [0.717, 1.165) is 44.4 Å². The first-order valence-corrected chi connectivity index (χ1v) is 8.10. The van der Waals surface area contributed by atoms with Gasteiger partial charge in [-0.05, 0) is 32.7 Å². The van der Waals surface area contributed by atoms with Crippen LogP contribution in [0.4, 0.5) is 0 Å². The molecular formula is C15H29N3O. The van der Waals surface area contributed by atoms with Crippen LogP contribution in [0.2, 0.25) is 0 Å². The zero-order valence-corrected chi connectivity index (χ0v) is 12.3. The lowest BCUT2D eigenvalue weighted by molar-refractivity contribution is -0.000668. The van der Waals surface area contributed by atoms with Gasteiger partial charge in [0.15, 0.2) is 0 Å². The van der Waals surface area contributed by atoms with E-state index in [0.29, 0.717) is 0 Å². The molecule has 3 aliphatic rings. The molecule has 3 fully saturated rings. The van der Waals surface area contributed by atoms with Gasteiger partial charge in [-0.25, -0.2) is 0 Å². The summed E-state index contributed by atoms with van der Waals surface area (Å²) in [5.41, 5.74) is 0. The molecule has 3 heterocycles. The van der Waals surface area contributed by atoms with E-state index in [1.54, 1.807) is 0 Å². The monoisotopic (exact) mass is 267 g/mol. The summed E-state index contributed by atoms with van der Waals surface area (Å²) in [6, 6.07) is 2.44. The van der Waals surface area contributed by atoms with E-state index in [9.17, 15) is 0 Å². The highest BCUT2D eigenvalue weighted by atomic mass is 16.5. The van der Waals surface area contributed by atoms with E-state index >= 15 is 0 Å². The van der Waals surface area contributed by atoms with E-state index in [4.69, 9.17) is 4.74 Å². The summed E-state index contributed by atoms with van der Waals surface area (Å²) >= 11 is 0. The molecule has 1 N–H and O–H groups in total. The molecule has 2 bridgehead atoms. The number of hydrogen-bond acceptors (Lipinski definition) is 4. The Hall–Kier alpha value is -0.160. The van der Waals surface area contributed by atoms with Gasteiger partial charge in [0, 0.05) is 44.3 Å². The van der Waals surface area contributed by atoms with Crippen LogP contribution in [0.5, 0.6) is 0 Å². The fraction of sp³-hybridized carbons (Fsp3) is 1.00. The summed E-state index contributed by atoms with van der Waals surface area (Å²) in [5, 5.41) is 3.50. The Balaban J connectivity index is 1.52. The Labute approximate surface area is 117 Å². The lowest BCUT2D eigenvalue weighted by Crippen LogP contribution is -2.57. The van der Waals surface area contributed by atoms with Gasteiger partial charge in [0.2, 0.25) is 0 Å². The molecule has 0 radical (unpaired) electrons. The number of fused-ring (bicyclic) bond motifs is 2. The quantitative estimate of drug-likeness (QED) is 0.820. The molecule has 2 atom stereocenters. The van der Waals surface area contributed by atoms with Crippen LogP contribution in [0.3, 0.4) is 0 Å². The number of nitrogens with one attached hydrogen (secondary N) is 1. The second-order valence-corrected chi connectivity index (χ2v) is 6.39. The third kappa shape index (κ3) is 3.30. The van der Waals surface area contributed by atoms with E-state index in [1.807, 2.05) is 0 Å². The molecule has 0 aliphatic carbocycles. The first-order valence-electron chi connectivity index (χ1n) is 8.10. The Kier molecular flexibility index (Phi) is 4.74. The highest BCUT2D eigenvalue weighted by Gasteiger charge is 2.37. The van der Waals surface area contributed by atoms with E-state index in [-0.39, 0.29) is 0 Å². The van der Waals surface area contributed by atoms with Crippen molar-refractivity contribution < 1.29 is 4.74 Å². The summed E-state index contributed by atoms with van der Waals surface area (Å²) in [4.78, 5) is 5.40. The molecule has 4 heteroatoms. The Bertz CT molecular complexity index is 267. The maximum absolute atomic E-state index is 5.43. The molecular weight excluding hydrogens is 238 g/mol. The Morgan fingerprint density at radius 1 is 1.05 bits per heavy atom. The highest BCUT2D eigenvalue weighted by molar-refractivity contribution is 4.94. The van der Waals surface area contributed by atoms with Crippen molar-refractivity contribution in [2.45, 2.75) is 50.2 Å². The lowest BCUT2D eigenvalue weighted by atomic mass is 9.82. The largest absolute Gasteiger partial charge is 0.379 e. The summed E-state index contributed by atoms with van der Waals surface area (Å²) in [6.45, 7) is 6.61. The molecule has 0 spiro atoms. The molecule has 3 aliphatic heterocycles. The summed E-state index contributed by atoms with van der Waals surface area (Å²) in [6.07, 6.45) is 6.99. The Morgan fingerprint density at radius 2 is 1.74 bits per heavy atom. The molecule has 0 aromatic rings. The molecule has 3 rings (SSSR count). The van der Waals surface area contributed by atoms with Gasteiger partial charge in [-0.3, -0.25) is 9.80 Å². The van der Waals surface area contributed by atoms with E-state index in [2.05, 4.69) is 22.2 Å². The van der Waals surface area contributed by atoms with Crippen LogP contribution in [0.25, 0.3) is 0 Å². The molecule has 0 aromatic heterocycles. The van der Waals surface area contributed by atoms with Gasteiger partial charge in [0.1, 0.15) is 0 Å². The molecule has 0 amide bonds. The molecule has 4 nitrogen and oxygen atoms in total. The van der Waals surface area contributed by atoms with Crippen molar-refractivity contribution in [3.8, 4) is 0 Å². The summed E-state index contributed by atoms with van der Waals surface area (Å²) < 4.78 is 5.43. The van der Waals surface area contributed by atoms with Crippen molar-refractivity contribution in [3.05, 3.63) is 0 Å². The summed E-state index contributed by atoms with van der Waals surface area (Å²) in [5.74, 6) is 0. The second-order valence-electron chi connectivity index (χ2n) is 6.39. The first kappa shape index (κ1) is 13.8. The van der Waals surface area contributed by atoms with Gasteiger partial charge in [-0.1, -0.05) is 6.42 Å². The Morgan fingerprint density at radius 3 is 2.37 bits per heavy atom. The predicted octanol–water partition coefficient (Wildman–Crippen LogP) is 0.924. The lowest BCUT2D eigenvalue weighted by Gasteiger charge is -2.49. The minimum Gasteiger partial charge on any atom is -0.379 e. The van der Waals surface area contributed by atoms with Crippen molar-refractivity contribution in [1.29, 1.82) is 0 Å². The molecule has 3 saturated heterocycles. The van der Waals surface area contributed by atoms with Gasteiger partial charge in [0.05, 0.1) is 13.2 Å². The van der Waals surface area contributed by atoms with Crippen molar-refractivity contribution in [3.63, 3.8) is 0 Å². The molecule has 0 saturated carbocycles. The van der Waals surface area contributed by atoms with Crippen LogP contribution in [-0.4, -0.2) is 74.4 Å². The van der Waals surface area contributed by atoms with Crippen molar-refractivity contribution >= 4 is 0 Å². The normalized spacial score (nSPS) is 37.4. The SMILES string of the molecule is CNC1CC2CCCC(C1)N2CCN1CCOCC1. The minimum absolute atomic E-state index is 0.759. The van der Waals surface area contributed by atoms with Crippen molar-refractivity contribution in [2.24, 2.45) is 0 Å². The van der Waals surface area contributed by atoms with Crippen LogP contribution in [0.1, 0.15) is 32.1 Å². The van der Waals surface area contributed by atoms with Crippen LogP contribution < -0.4 is 5.32 Å². The fourth-order valence-corrected chi connectivity index (χ4v) is 4.16. The number of hydrogen-bond donors (Lipinski definition) is 1. The van der Waals surface area contributed by atoms with Crippen LogP contribution >= 0.6 is 0 Å². The predicted molar refractivity (Wildman–Crippen MR) is 77.5 cm³/mol. The standard InChI is InChI=1S/C15H29N3O/c1-16-13-11-14-3-2-4-15(12-13)18(14)6-5-17-7-9-19-10-8-17/h13-16H,2-12H2,1H3. The van der Waals surface area contributed by atoms with Gasteiger partial charge < -0.3 is 10.1 Å². The van der Waals surface area contributed by atoms with Gasteiger partial charge in [-0.15, -0.1) is 0 Å². The van der Waals surface area contributed by atoms with Gasteiger partial charge >= 0.3 is 0 Å². The maximum atomic E-state index is 5.43. The number of rotatable bonds is 4. The number of nitrogens with zero attached hydrogens (tertiary/aromatic N) is 2.